The second-order valence-corrected chi connectivity index (χ2v) is 8.06. The zero-order valence-corrected chi connectivity index (χ0v) is 17.4. The highest BCUT2D eigenvalue weighted by molar-refractivity contribution is 5.94. The van der Waals surface area contributed by atoms with Gasteiger partial charge in [0, 0.05) is 55.2 Å². The highest BCUT2D eigenvalue weighted by Gasteiger charge is 2.29. The summed E-state index contributed by atoms with van der Waals surface area (Å²) in [6.07, 6.45) is 7.62. The van der Waals surface area contributed by atoms with Crippen molar-refractivity contribution >= 4 is 28.2 Å². The Morgan fingerprint density at radius 2 is 1.91 bits per heavy atom. The minimum absolute atomic E-state index is 0.0325. The minimum atomic E-state index is -0.438. The first-order chi connectivity index (χ1) is 17.9. The maximum absolute atomic E-state index is 8.19. The highest BCUT2D eigenvalue weighted by atomic mass is 15.2. The van der Waals surface area contributed by atoms with Gasteiger partial charge in [0.05, 0.1) is 18.6 Å². The summed E-state index contributed by atoms with van der Waals surface area (Å²) in [6.45, 7) is 3.45. The number of rotatable bonds is 5. The molecule has 0 atom stereocenters. The van der Waals surface area contributed by atoms with Gasteiger partial charge in [0.15, 0.2) is 5.82 Å². The van der Waals surface area contributed by atoms with Gasteiger partial charge in [-0.3, -0.25) is 4.98 Å². The summed E-state index contributed by atoms with van der Waals surface area (Å²) in [5, 5.41) is 7.37. The van der Waals surface area contributed by atoms with Gasteiger partial charge in [-0.1, -0.05) is 18.1 Å². The molecule has 3 aromatic heterocycles. The molecular weight excluding hydrogens is 398 g/mol. The molecule has 2 N–H and O–H groups in total. The van der Waals surface area contributed by atoms with E-state index in [2.05, 4.69) is 25.5 Å². The molecule has 7 nitrogen and oxygen atoms in total. The number of para-hydroxylation sites is 1. The van der Waals surface area contributed by atoms with E-state index < -0.39 is 18.1 Å². The van der Waals surface area contributed by atoms with Crippen LogP contribution in [0.5, 0.6) is 0 Å². The number of nitrogens with one attached hydrogen (secondary N) is 2. The first-order valence-electron chi connectivity index (χ1n) is 13.3. The first kappa shape index (κ1) is 14.5. The Hall–Kier alpha value is -3.58. The number of fused-ring (bicyclic) bond motifs is 1. The van der Waals surface area contributed by atoms with Gasteiger partial charge in [-0.15, -0.1) is 0 Å². The second-order valence-electron chi connectivity index (χ2n) is 8.06. The van der Waals surface area contributed by atoms with Crippen LogP contribution in [0.3, 0.4) is 0 Å². The van der Waals surface area contributed by atoms with Crippen molar-refractivity contribution in [2.75, 3.05) is 36.4 Å². The smallest absolute Gasteiger partial charge is 0.162 e. The number of nitrogens with zero attached hydrogens (tertiary/aromatic N) is 5. The van der Waals surface area contributed by atoms with E-state index in [-0.39, 0.29) is 17.8 Å². The average molecular weight is 429 g/mol. The number of anilines is 3. The third-order valence-corrected chi connectivity index (χ3v) is 5.82. The molecule has 0 spiro atoms. The van der Waals surface area contributed by atoms with Crippen molar-refractivity contribution in [1.29, 1.82) is 0 Å². The molecule has 1 aliphatic heterocycles. The predicted octanol–water partition coefficient (Wildman–Crippen LogP) is 4.12. The van der Waals surface area contributed by atoms with Gasteiger partial charge < -0.3 is 15.5 Å². The summed E-state index contributed by atoms with van der Waals surface area (Å²) in [5.74, 6) is 2.25. The fourth-order valence-corrected chi connectivity index (χ4v) is 4.11. The SMILES string of the molecule is [2H]c1c([2H])c([2H])c(Nc2cc(-c3nc(N4CCNCC4)c4c(C5CC5)cncc4n3)ccn2)c([2H])c1[2H]. The van der Waals surface area contributed by atoms with Crippen LogP contribution in [-0.2, 0) is 0 Å². The molecule has 4 aromatic rings. The van der Waals surface area contributed by atoms with Crippen molar-refractivity contribution in [3.63, 3.8) is 0 Å². The molecular formula is C25H25N7. The molecule has 2 fully saturated rings. The summed E-state index contributed by atoms with van der Waals surface area (Å²) < 4.78 is 40.0. The molecule has 2 aliphatic rings. The van der Waals surface area contributed by atoms with Crippen LogP contribution in [0.2, 0.25) is 0 Å². The number of benzene rings is 1. The van der Waals surface area contributed by atoms with Gasteiger partial charge in [0.2, 0.25) is 0 Å². The zero-order chi connectivity index (χ0) is 25.7. The number of aromatic nitrogens is 4. The molecule has 7 heteroatoms. The largest absolute Gasteiger partial charge is 0.353 e. The van der Waals surface area contributed by atoms with E-state index in [0.717, 1.165) is 55.7 Å². The Morgan fingerprint density at radius 1 is 1.06 bits per heavy atom. The van der Waals surface area contributed by atoms with Crippen LogP contribution in [-0.4, -0.2) is 46.1 Å². The van der Waals surface area contributed by atoms with Gasteiger partial charge in [-0.2, -0.15) is 0 Å². The highest BCUT2D eigenvalue weighted by Crippen LogP contribution is 2.44. The lowest BCUT2D eigenvalue weighted by atomic mass is 10.1. The molecule has 4 heterocycles. The van der Waals surface area contributed by atoms with E-state index in [1.165, 1.54) is 5.56 Å². The maximum Gasteiger partial charge on any atom is 0.162 e. The predicted molar refractivity (Wildman–Crippen MR) is 127 cm³/mol. The molecule has 0 amide bonds. The van der Waals surface area contributed by atoms with E-state index in [4.69, 9.17) is 16.8 Å². The number of hydrogen-bond donors (Lipinski definition) is 2. The third-order valence-electron chi connectivity index (χ3n) is 5.82. The van der Waals surface area contributed by atoms with E-state index in [0.29, 0.717) is 23.1 Å². The summed E-state index contributed by atoms with van der Waals surface area (Å²) in [6, 6.07) is 1.63. The van der Waals surface area contributed by atoms with Crippen LogP contribution in [0.1, 0.15) is 31.2 Å². The Labute approximate surface area is 194 Å². The Balaban J connectivity index is 1.44. The number of piperazine rings is 1. The van der Waals surface area contributed by atoms with Crippen molar-refractivity contribution in [1.82, 2.24) is 25.3 Å². The normalized spacial score (nSPS) is 18.5. The molecule has 0 unspecified atom stereocenters. The molecule has 160 valence electrons. The first-order valence-corrected chi connectivity index (χ1v) is 10.8. The van der Waals surface area contributed by atoms with Gasteiger partial charge in [-0.25, -0.2) is 15.0 Å². The zero-order valence-electron chi connectivity index (χ0n) is 22.4. The lowest BCUT2D eigenvalue weighted by molar-refractivity contribution is 0.586. The van der Waals surface area contributed by atoms with Gasteiger partial charge in [-0.05, 0) is 48.5 Å². The lowest BCUT2D eigenvalue weighted by Crippen LogP contribution is -2.44. The number of pyridine rings is 2. The Bertz CT molecular complexity index is 1490. The van der Waals surface area contributed by atoms with Crippen LogP contribution < -0.4 is 15.5 Å². The number of hydrogen-bond acceptors (Lipinski definition) is 7. The molecule has 1 aromatic carbocycles. The van der Waals surface area contributed by atoms with Crippen molar-refractivity contribution in [3.8, 4) is 11.4 Å². The van der Waals surface area contributed by atoms with E-state index in [1.54, 1.807) is 24.5 Å². The molecule has 1 saturated heterocycles. The van der Waals surface area contributed by atoms with E-state index >= 15 is 0 Å². The Kier molecular flexibility index (Phi) is 3.69. The quantitative estimate of drug-likeness (QED) is 0.495. The molecule has 1 aliphatic carbocycles. The summed E-state index contributed by atoms with van der Waals surface area (Å²) in [4.78, 5) is 21.0. The monoisotopic (exact) mass is 428 g/mol. The summed E-state index contributed by atoms with van der Waals surface area (Å²) >= 11 is 0. The third kappa shape index (κ3) is 3.76. The minimum Gasteiger partial charge on any atom is -0.353 e. The Morgan fingerprint density at radius 3 is 2.72 bits per heavy atom. The molecule has 1 saturated carbocycles. The molecule has 32 heavy (non-hydrogen) atoms. The van der Waals surface area contributed by atoms with Crippen molar-refractivity contribution < 1.29 is 6.85 Å². The lowest BCUT2D eigenvalue weighted by Gasteiger charge is -2.30. The van der Waals surface area contributed by atoms with Crippen LogP contribution in [0.15, 0.2) is 60.9 Å². The van der Waals surface area contributed by atoms with Crippen molar-refractivity contribution in [2.45, 2.75) is 18.8 Å². The maximum atomic E-state index is 8.19. The van der Waals surface area contributed by atoms with Gasteiger partial charge >= 0.3 is 0 Å². The fourth-order valence-electron chi connectivity index (χ4n) is 4.11. The van der Waals surface area contributed by atoms with Crippen LogP contribution in [0.25, 0.3) is 22.3 Å². The topological polar surface area (TPSA) is 78.9 Å². The van der Waals surface area contributed by atoms with E-state index in [1.807, 2.05) is 6.20 Å². The van der Waals surface area contributed by atoms with Crippen molar-refractivity contribution in [2.24, 2.45) is 0 Å². The fraction of sp³-hybridized carbons (Fsp3) is 0.280. The standard InChI is InChI=1S/C25H25N7/c1-2-4-19(5-3-1)29-22-14-18(8-9-28-22)24-30-21-16-27-15-20(17-6-7-17)23(21)25(31-24)32-12-10-26-11-13-32/h1-5,8-9,14-17,26H,6-7,10-13H2,(H,28,29)/i1D,2D,3D,4D,5D. The molecule has 6 rings (SSSR count). The van der Waals surface area contributed by atoms with Crippen LogP contribution in [0, 0.1) is 0 Å². The van der Waals surface area contributed by atoms with E-state index in [9.17, 15) is 0 Å². The van der Waals surface area contributed by atoms with Crippen LogP contribution >= 0.6 is 0 Å². The average Bonchev–Trinajstić information content (AvgIpc) is 3.78. The van der Waals surface area contributed by atoms with Gasteiger partial charge in [0.25, 0.3) is 0 Å². The van der Waals surface area contributed by atoms with Crippen molar-refractivity contribution in [3.05, 3.63) is 66.5 Å². The van der Waals surface area contributed by atoms with Crippen LogP contribution in [0.4, 0.5) is 17.3 Å². The molecule has 0 radical (unpaired) electrons. The van der Waals surface area contributed by atoms with Gasteiger partial charge in [0.1, 0.15) is 11.6 Å². The second kappa shape index (κ2) is 8.16. The summed E-state index contributed by atoms with van der Waals surface area (Å²) in [5.41, 5.74) is 2.66. The summed E-state index contributed by atoms with van der Waals surface area (Å²) in [7, 11) is 0. The molecule has 0 bridgehead atoms.